The lowest BCUT2D eigenvalue weighted by molar-refractivity contribution is -0.143. The monoisotopic (exact) mass is 299 g/mol. The number of rotatable bonds is 3. The number of carboxylic acids is 1. The molecule has 7 nitrogen and oxygen atoms in total. The van der Waals surface area contributed by atoms with E-state index < -0.39 is 11.9 Å². The normalized spacial score (nSPS) is 22.6. The smallest absolute Gasteiger partial charge is 0.318 e. The maximum Gasteiger partial charge on any atom is 0.318 e. The Morgan fingerprint density at radius 1 is 1.29 bits per heavy atom. The molecule has 1 fully saturated rings. The van der Waals surface area contributed by atoms with Crippen LogP contribution in [0.1, 0.15) is 40.5 Å². The van der Waals surface area contributed by atoms with E-state index in [4.69, 9.17) is 5.11 Å². The quantitative estimate of drug-likeness (QED) is 0.717. The third-order valence-corrected chi connectivity index (χ3v) is 3.40. The maximum atomic E-state index is 12.0. The largest absolute Gasteiger partial charge is 0.481 e. The van der Waals surface area contributed by atoms with Crippen molar-refractivity contribution in [2.24, 2.45) is 5.92 Å². The van der Waals surface area contributed by atoms with Crippen LogP contribution in [0.3, 0.4) is 0 Å². The molecule has 120 valence electrons. The number of likely N-dealkylation sites (tertiary alicyclic amines) is 1. The number of urea groups is 1. The standard InChI is InChI=1S/C14H25N3O4/c1-9-7-10(12(19)20)5-6-17(9)13(21)15-8-11(18)16-14(2,3)4/h9-10H,5-8H2,1-4H3,(H,15,21)(H,16,18)(H,19,20). The van der Waals surface area contributed by atoms with Gasteiger partial charge in [-0.15, -0.1) is 0 Å². The molecule has 0 saturated carbocycles. The van der Waals surface area contributed by atoms with E-state index >= 15 is 0 Å². The van der Waals surface area contributed by atoms with Crippen LogP contribution in [0, 0.1) is 5.92 Å². The Kier molecular flexibility index (Phi) is 5.57. The van der Waals surface area contributed by atoms with Gasteiger partial charge in [0.2, 0.25) is 5.91 Å². The molecule has 21 heavy (non-hydrogen) atoms. The van der Waals surface area contributed by atoms with Gasteiger partial charge in [-0.1, -0.05) is 0 Å². The minimum atomic E-state index is -0.813. The van der Waals surface area contributed by atoms with Crippen molar-refractivity contribution in [2.75, 3.05) is 13.1 Å². The molecule has 1 saturated heterocycles. The predicted octanol–water partition coefficient (Wildman–Crippen LogP) is 0.796. The minimum absolute atomic E-state index is 0.0817. The molecule has 7 heteroatoms. The summed E-state index contributed by atoms with van der Waals surface area (Å²) in [4.78, 5) is 36.2. The molecule has 0 aromatic rings. The van der Waals surface area contributed by atoms with Crippen molar-refractivity contribution in [3.05, 3.63) is 0 Å². The lowest BCUT2D eigenvalue weighted by Gasteiger charge is -2.36. The van der Waals surface area contributed by atoms with Gasteiger partial charge >= 0.3 is 12.0 Å². The summed E-state index contributed by atoms with van der Waals surface area (Å²) in [6.45, 7) is 7.73. The van der Waals surface area contributed by atoms with E-state index in [0.717, 1.165) is 0 Å². The Morgan fingerprint density at radius 2 is 1.90 bits per heavy atom. The van der Waals surface area contributed by atoms with Gasteiger partial charge in [-0.2, -0.15) is 0 Å². The molecule has 2 atom stereocenters. The summed E-state index contributed by atoms with van der Waals surface area (Å²) in [5, 5.41) is 14.3. The van der Waals surface area contributed by atoms with Gasteiger partial charge in [0.1, 0.15) is 0 Å². The highest BCUT2D eigenvalue weighted by Crippen LogP contribution is 2.22. The van der Waals surface area contributed by atoms with Crippen molar-refractivity contribution >= 4 is 17.9 Å². The van der Waals surface area contributed by atoms with Crippen molar-refractivity contribution in [1.29, 1.82) is 0 Å². The van der Waals surface area contributed by atoms with Crippen LogP contribution in [0.2, 0.25) is 0 Å². The number of nitrogens with one attached hydrogen (secondary N) is 2. The van der Waals surface area contributed by atoms with E-state index in [2.05, 4.69) is 10.6 Å². The summed E-state index contributed by atoms with van der Waals surface area (Å²) in [5.41, 5.74) is -0.338. The highest BCUT2D eigenvalue weighted by atomic mass is 16.4. The SMILES string of the molecule is CC1CC(C(=O)O)CCN1C(=O)NCC(=O)NC(C)(C)C. The minimum Gasteiger partial charge on any atom is -0.481 e. The highest BCUT2D eigenvalue weighted by Gasteiger charge is 2.32. The number of carbonyl (C=O) groups is 3. The van der Waals surface area contributed by atoms with Crippen LogP contribution >= 0.6 is 0 Å². The molecule has 2 unspecified atom stereocenters. The first-order valence-corrected chi connectivity index (χ1v) is 7.18. The second-order valence-corrected chi connectivity index (χ2v) is 6.56. The first-order valence-electron chi connectivity index (χ1n) is 7.18. The van der Waals surface area contributed by atoms with Crippen molar-refractivity contribution in [1.82, 2.24) is 15.5 Å². The fourth-order valence-corrected chi connectivity index (χ4v) is 2.42. The molecule has 0 spiro atoms. The van der Waals surface area contributed by atoms with E-state index in [1.807, 2.05) is 27.7 Å². The fraction of sp³-hybridized carbons (Fsp3) is 0.786. The first kappa shape index (κ1) is 17.3. The van der Waals surface area contributed by atoms with E-state index in [9.17, 15) is 14.4 Å². The fourth-order valence-electron chi connectivity index (χ4n) is 2.42. The summed E-state index contributed by atoms with van der Waals surface area (Å²) in [7, 11) is 0. The second kappa shape index (κ2) is 6.78. The van der Waals surface area contributed by atoms with Crippen molar-refractivity contribution in [2.45, 2.75) is 52.1 Å². The topological polar surface area (TPSA) is 98.7 Å². The number of carbonyl (C=O) groups excluding carboxylic acids is 2. The van der Waals surface area contributed by atoms with Gasteiger partial charge in [0.05, 0.1) is 12.5 Å². The Balaban J connectivity index is 2.43. The van der Waals surface area contributed by atoms with Crippen LogP contribution in [-0.2, 0) is 9.59 Å². The lowest BCUT2D eigenvalue weighted by atomic mass is 9.92. The zero-order valence-corrected chi connectivity index (χ0v) is 13.1. The molecule has 3 amide bonds. The maximum absolute atomic E-state index is 12.0. The Hall–Kier alpha value is -1.79. The van der Waals surface area contributed by atoms with Crippen molar-refractivity contribution < 1.29 is 19.5 Å². The van der Waals surface area contributed by atoms with Gasteiger partial charge in [0, 0.05) is 18.1 Å². The van der Waals surface area contributed by atoms with Gasteiger partial charge in [0.15, 0.2) is 0 Å². The summed E-state index contributed by atoms with van der Waals surface area (Å²) < 4.78 is 0. The average molecular weight is 299 g/mol. The molecular weight excluding hydrogens is 274 g/mol. The van der Waals surface area contributed by atoms with Crippen LogP contribution in [-0.4, -0.2) is 52.6 Å². The van der Waals surface area contributed by atoms with Crippen LogP contribution in [0.15, 0.2) is 0 Å². The first-order chi connectivity index (χ1) is 9.60. The molecule has 0 radical (unpaired) electrons. The number of hydrogen-bond donors (Lipinski definition) is 3. The number of nitrogens with zero attached hydrogens (tertiary/aromatic N) is 1. The van der Waals surface area contributed by atoms with Crippen molar-refractivity contribution in [3.63, 3.8) is 0 Å². The van der Waals surface area contributed by atoms with Gasteiger partial charge in [-0.05, 0) is 40.5 Å². The van der Waals surface area contributed by atoms with Gasteiger partial charge in [-0.25, -0.2) is 4.79 Å². The predicted molar refractivity (Wildman–Crippen MR) is 77.8 cm³/mol. The summed E-state index contributed by atoms with van der Waals surface area (Å²) >= 11 is 0. The molecular formula is C14H25N3O4. The molecule has 1 aliphatic heterocycles. The van der Waals surface area contributed by atoms with Gasteiger partial charge in [0.25, 0.3) is 0 Å². The molecule has 0 aromatic heterocycles. The summed E-state index contributed by atoms with van der Waals surface area (Å²) in [6.07, 6.45) is 0.887. The zero-order valence-electron chi connectivity index (χ0n) is 13.1. The van der Waals surface area contributed by atoms with E-state index in [1.54, 1.807) is 4.90 Å². The highest BCUT2D eigenvalue weighted by molar-refractivity contribution is 5.84. The number of amides is 3. The van der Waals surface area contributed by atoms with E-state index in [0.29, 0.717) is 19.4 Å². The molecule has 0 aromatic carbocycles. The Labute approximate surface area is 125 Å². The van der Waals surface area contributed by atoms with Gasteiger partial charge < -0.3 is 20.6 Å². The molecule has 1 aliphatic rings. The van der Waals surface area contributed by atoms with E-state index in [1.165, 1.54) is 0 Å². The molecule has 1 rings (SSSR count). The van der Waals surface area contributed by atoms with Crippen molar-refractivity contribution in [3.8, 4) is 0 Å². The van der Waals surface area contributed by atoms with Crippen LogP contribution in [0.4, 0.5) is 4.79 Å². The summed E-state index contributed by atoms with van der Waals surface area (Å²) in [6, 6.07) is -0.471. The Morgan fingerprint density at radius 3 is 2.38 bits per heavy atom. The average Bonchev–Trinajstić information content (AvgIpc) is 2.33. The second-order valence-electron chi connectivity index (χ2n) is 6.56. The van der Waals surface area contributed by atoms with E-state index in [-0.39, 0.29) is 30.1 Å². The lowest BCUT2D eigenvalue weighted by Crippen LogP contribution is -2.53. The number of piperidine rings is 1. The number of aliphatic carboxylic acids is 1. The van der Waals surface area contributed by atoms with Gasteiger partial charge in [-0.3, -0.25) is 9.59 Å². The Bertz CT molecular complexity index is 417. The third kappa shape index (κ3) is 5.61. The molecule has 3 N–H and O–H groups in total. The number of carboxylic acid groups (broad SMARTS) is 1. The molecule has 0 bridgehead atoms. The summed E-state index contributed by atoms with van der Waals surface area (Å²) in [5.74, 6) is -1.45. The van der Waals surface area contributed by atoms with Crippen LogP contribution in [0.5, 0.6) is 0 Å². The van der Waals surface area contributed by atoms with Crippen LogP contribution in [0.25, 0.3) is 0 Å². The molecule has 1 heterocycles. The van der Waals surface area contributed by atoms with Crippen LogP contribution < -0.4 is 10.6 Å². The number of hydrogen-bond acceptors (Lipinski definition) is 3. The zero-order chi connectivity index (χ0) is 16.2. The molecule has 0 aliphatic carbocycles. The third-order valence-electron chi connectivity index (χ3n) is 3.40.